The number of nitrogens with two attached hydrogens (primary N) is 1. The molecule has 1 saturated heterocycles. The van der Waals surface area contributed by atoms with Gasteiger partial charge in [-0.25, -0.2) is 4.21 Å². The molecule has 3 N–H and O–H groups in total. The van der Waals surface area contributed by atoms with Gasteiger partial charge in [-0.3, -0.25) is 4.79 Å². The van der Waals surface area contributed by atoms with Gasteiger partial charge in [0.05, 0.1) is 9.92 Å². The van der Waals surface area contributed by atoms with Crippen molar-refractivity contribution in [2.24, 2.45) is 5.73 Å². The largest absolute Gasteiger partial charge is 0.339 e. The zero-order valence-corrected chi connectivity index (χ0v) is 11.8. The molecular formula is C12H15ClN2O3S. The molecule has 0 spiro atoms. The monoisotopic (exact) mass is 302 g/mol. The SMILES string of the molecule is NC1CCN(C(=O)c2ccc(Cl)c(S(=O)O)c2)CC1. The van der Waals surface area contributed by atoms with Crippen LogP contribution in [0, 0.1) is 0 Å². The summed E-state index contributed by atoms with van der Waals surface area (Å²) in [4.78, 5) is 14.0. The third kappa shape index (κ3) is 3.33. The molecule has 5 nitrogen and oxygen atoms in total. The van der Waals surface area contributed by atoms with E-state index in [-0.39, 0.29) is 21.9 Å². The van der Waals surface area contributed by atoms with Gasteiger partial charge >= 0.3 is 0 Å². The van der Waals surface area contributed by atoms with Crippen molar-refractivity contribution >= 4 is 28.6 Å². The van der Waals surface area contributed by atoms with Gasteiger partial charge in [0.2, 0.25) is 0 Å². The maximum atomic E-state index is 12.3. The first kappa shape index (κ1) is 14.5. The molecule has 2 rings (SSSR count). The molecule has 0 aliphatic carbocycles. The normalized spacial score (nSPS) is 18.4. The Bertz CT molecular complexity index is 516. The Kier molecular flexibility index (Phi) is 4.57. The average molecular weight is 303 g/mol. The molecule has 1 amide bonds. The number of hydrogen-bond acceptors (Lipinski definition) is 3. The molecule has 19 heavy (non-hydrogen) atoms. The lowest BCUT2D eigenvalue weighted by Crippen LogP contribution is -2.42. The van der Waals surface area contributed by atoms with Crippen LogP contribution in [-0.2, 0) is 11.1 Å². The van der Waals surface area contributed by atoms with E-state index in [1.54, 1.807) is 11.0 Å². The fourth-order valence-electron chi connectivity index (χ4n) is 2.06. The van der Waals surface area contributed by atoms with Gasteiger partial charge in [0.15, 0.2) is 11.1 Å². The molecule has 1 fully saturated rings. The third-order valence-electron chi connectivity index (χ3n) is 3.19. The van der Waals surface area contributed by atoms with Crippen molar-refractivity contribution in [2.75, 3.05) is 13.1 Å². The van der Waals surface area contributed by atoms with Crippen molar-refractivity contribution in [3.63, 3.8) is 0 Å². The Morgan fingerprint density at radius 1 is 1.42 bits per heavy atom. The molecule has 1 aromatic rings. The van der Waals surface area contributed by atoms with Crippen LogP contribution in [0.15, 0.2) is 23.1 Å². The number of nitrogens with zero attached hydrogens (tertiary/aromatic N) is 1. The smallest absolute Gasteiger partial charge is 0.253 e. The molecule has 7 heteroatoms. The second-order valence-electron chi connectivity index (χ2n) is 4.52. The fourth-order valence-corrected chi connectivity index (χ4v) is 2.83. The van der Waals surface area contributed by atoms with Crippen LogP contribution in [0.1, 0.15) is 23.2 Å². The van der Waals surface area contributed by atoms with E-state index >= 15 is 0 Å². The maximum Gasteiger partial charge on any atom is 0.253 e. The highest BCUT2D eigenvalue weighted by atomic mass is 35.5. The van der Waals surface area contributed by atoms with Crippen LogP contribution in [0.3, 0.4) is 0 Å². The summed E-state index contributed by atoms with van der Waals surface area (Å²) in [6.07, 6.45) is 1.55. The van der Waals surface area contributed by atoms with Crippen LogP contribution in [0.5, 0.6) is 0 Å². The predicted molar refractivity (Wildman–Crippen MR) is 73.6 cm³/mol. The molecule has 0 saturated carbocycles. The van der Waals surface area contributed by atoms with Crippen molar-refractivity contribution in [2.45, 2.75) is 23.8 Å². The fraction of sp³-hybridized carbons (Fsp3) is 0.417. The second kappa shape index (κ2) is 6.00. The molecule has 1 atom stereocenters. The first-order valence-corrected chi connectivity index (χ1v) is 7.43. The summed E-state index contributed by atoms with van der Waals surface area (Å²) in [5.74, 6) is -0.157. The highest BCUT2D eigenvalue weighted by Gasteiger charge is 2.22. The van der Waals surface area contributed by atoms with Crippen LogP contribution in [0.2, 0.25) is 5.02 Å². The van der Waals surface area contributed by atoms with Crippen LogP contribution < -0.4 is 5.73 Å². The van der Waals surface area contributed by atoms with E-state index in [0.717, 1.165) is 12.8 Å². The molecule has 1 aliphatic rings. The lowest BCUT2D eigenvalue weighted by Gasteiger charge is -2.30. The van der Waals surface area contributed by atoms with Gasteiger partial charge in [-0.1, -0.05) is 11.6 Å². The molecular weight excluding hydrogens is 288 g/mol. The van der Waals surface area contributed by atoms with E-state index in [1.165, 1.54) is 12.1 Å². The summed E-state index contributed by atoms with van der Waals surface area (Å²) in [5, 5.41) is 0.179. The van der Waals surface area contributed by atoms with Crippen molar-refractivity contribution in [3.05, 3.63) is 28.8 Å². The van der Waals surface area contributed by atoms with Gasteiger partial charge in [0.25, 0.3) is 5.91 Å². The topological polar surface area (TPSA) is 83.6 Å². The van der Waals surface area contributed by atoms with Gasteiger partial charge in [-0.05, 0) is 31.0 Å². The number of hydrogen-bond donors (Lipinski definition) is 2. The third-order valence-corrected chi connectivity index (χ3v) is 4.35. The van der Waals surface area contributed by atoms with Crippen LogP contribution in [0.4, 0.5) is 0 Å². The van der Waals surface area contributed by atoms with Gasteiger partial charge in [0.1, 0.15) is 0 Å². The molecule has 1 aliphatic heterocycles. The Morgan fingerprint density at radius 2 is 2.05 bits per heavy atom. The van der Waals surface area contributed by atoms with Crippen LogP contribution in [-0.4, -0.2) is 38.7 Å². The Hall–Kier alpha value is -0.950. The summed E-state index contributed by atoms with van der Waals surface area (Å²) in [6, 6.07) is 4.55. The van der Waals surface area contributed by atoms with Gasteiger partial charge < -0.3 is 15.2 Å². The predicted octanol–water partition coefficient (Wildman–Crippen LogP) is 1.48. The Morgan fingerprint density at radius 3 is 2.63 bits per heavy atom. The summed E-state index contributed by atoms with van der Waals surface area (Å²) in [7, 11) is 0. The molecule has 0 aromatic heterocycles. The minimum atomic E-state index is -2.20. The molecule has 0 radical (unpaired) electrons. The van der Waals surface area contributed by atoms with Crippen molar-refractivity contribution in [1.82, 2.24) is 4.90 Å². The van der Waals surface area contributed by atoms with Gasteiger partial charge in [-0.15, -0.1) is 0 Å². The quantitative estimate of drug-likeness (QED) is 0.811. The molecule has 0 bridgehead atoms. The van der Waals surface area contributed by atoms with E-state index in [0.29, 0.717) is 18.7 Å². The molecule has 1 aromatic carbocycles. The van der Waals surface area contributed by atoms with Crippen LogP contribution in [0.25, 0.3) is 0 Å². The van der Waals surface area contributed by atoms with Crippen molar-refractivity contribution < 1.29 is 13.6 Å². The summed E-state index contributed by atoms with van der Waals surface area (Å²) < 4.78 is 20.2. The molecule has 1 heterocycles. The summed E-state index contributed by atoms with van der Waals surface area (Å²) in [5.41, 5.74) is 6.16. The van der Waals surface area contributed by atoms with E-state index in [9.17, 15) is 9.00 Å². The number of piperidine rings is 1. The standard InChI is InChI=1S/C12H15ClN2O3S/c13-10-2-1-8(7-11(10)19(17)18)12(16)15-5-3-9(14)4-6-15/h1-2,7,9H,3-6,14H2,(H,17,18). The van der Waals surface area contributed by atoms with E-state index in [2.05, 4.69) is 0 Å². The Balaban J connectivity index is 2.20. The first-order chi connectivity index (χ1) is 8.99. The lowest BCUT2D eigenvalue weighted by atomic mass is 10.0. The van der Waals surface area contributed by atoms with Gasteiger partial charge in [0, 0.05) is 24.7 Å². The van der Waals surface area contributed by atoms with E-state index in [4.69, 9.17) is 21.9 Å². The van der Waals surface area contributed by atoms with E-state index < -0.39 is 11.1 Å². The number of carbonyl (C=O) groups excluding carboxylic acids is 1. The minimum Gasteiger partial charge on any atom is -0.339 e. The highest BCUT2D eigenvalue weighted by molar-refractivity contribution is 7.79. The minimum absolute atomic E-state index is 0.0567. The van der Waals surface area contributed by atoms with Crippen molar-refractivity contribution in [3.8, 4) is 0 Å². The maximum absolute atomic E-state index is 12.3. The highest BCUT2D eigenvalue weighted by Crippen LogP contribution is 2.22. The number of likely N-dealkylation sites (tertiary alicyclic amines) is 1. The molecule has 104 valence electrons. The van der Waals surface area contributed by atoms with Crippen molar-refractivity contribution in [1.29, 1.82) is 0 Å². The lowest BCUT2D eigenvalue weighted by molar-refractivity contribution is 0.0714. The average Bonchev–Trinajstić information content (AvgIpc) is 2.39. The van der Waals surface area contributed by atoms with Crippen LogP contribution >= 0.6 is 11.6 Å². The van der Waals surface area contributed by atoms with E-state index in [1.807, 2.05) is 0 Å². The Labute approximate surface area is 119 Å². The first-order valence-electron chi connectivity index (χ1n) is 5.94. The number of benzene rings is 1. The zero-order valence-electron chi connectivity index (χ0n) is 10.2. The molecule has 1 unspecified atom stereocenters. The summed E-state index contributed by atoms with van der Waals surface area (Å²) in [6.45, 7) is 1.22. The second-order valence-corrected chi connectivity index (χ2v) is 5.87. The number of amides is 1. The number of halogens is 1. The van der Waals surface area contributed by atoms with Gasteiger partial charge in [-0.2, -0.15) is 0 Å². The number of carbonyl (C=O) groups is 1. The number of rotatable bonds is 2. The zero-order chi connectivity index (χ0) is 14.0. The summed E-state index contributed by atoms with van der Waals surface area (Å²) >= 11 is 3.61.